The summed E-state index contributed by atoms with van der Waals surface area (Å²) in [4.78, 5) is 20.4. The fraction of sp³-hybridized carbons (Fsp3) is 0.450. The molecule has 10 nitrogen and oxygen atoms in total. The number of aromatic nitrogens is 2. The van der Waals surface area contributed by atoms with Gasteiger partial charge < -0.3 is 20.1 Å². The summed E-state index contributed by atoms with van der Waals surface area (Å²) in [5.41, 5.74) is 1.54. The lowest BCUT2D eigenvalue weighted by Gasteiger charge is -2.15. The third-order valence-electron chi connectivity index (χ3n) is 4.69. The van der Waals surface area contributed by atoms with Gasteiger partial charge >= 0.3 is 6.09 Å². The highest BCUT2D eigenvalue weighted by Gasteiger charge is 2.16. The molecule has 31 heavy (non-hydrogen) atoms. The number of sulfonamides is 1. The topological polar surface area (TPSA) is 146 Å². The van der Waals surface area contributed by atoms with Crippen LogP contribution in [0, 0.1) is 0 Å². The molecule has 0 radical (unpaired) electrons. The predicted octanol–water partition coefficient (Wildman–Crippen LogP) is 2.48. The van der Waals surface area contributed by atoms with Crippen LogP contribution in [0.2, 0.25) is 0 Å². The molecule has 168 valence electrons. The number of fused-ring (bicyclic) bond motifs is 13. The lowest BCUT2D eigenvalue weighted by molar-refractivity contribution is 0.101. The van der Waals surface area contributed by atoms with Crippen molar-refractivity contribution in [3.05, 3.63) is 36.2 Å². The first-order valence-corrected chi connectivity index (χ1v) is 11.7. The maximum absolute atomic E-state index is 11.9. The molecule has 0 saturated heterocycles. The summed E-state index contributed by atoms with van der Waals surface area (Å²) in [6, 6.07) is 4.51. The minimum Gasteiger partial charge on any atom is -0.492 e. The van der Waals surface area contributed by atoms with Crippen LogP contribution in [0.1, 0.15) is 38.2 Å². The van der Waals surface area contributed by atoms with Crippen LogP contribution in [0.15, 0.2) is 35.5 Å². The number of hydrogen-bond donors (Lipinski definition) is 3. The zero-order valence-corrected chi connectivity index (χ0v) is 18.2. The molecule has 3 heterocycles. The summed E-state index contributed by atoms with van der Waals surface area (Å²) in [6.07, 6.45) is 6.37. The van der Waals surface area contributed by atoms with Crippen LogP contribution >= 0.6 is 0 Å². The monoisotopic (exact) mass is 449 g/mol. The number of nitrogens with two attached hydrogens (primary N) is 1. The molecule has 1 amide bonds. The minimum atomic E-state index is -3.95. The van der Waals surface area contributed by atoms with E-state index >= 15 is 0 Å². The number of hydrogen-bond acceptors (Lipinski definition) is 8. The first kappa shape index (κ1) is 22.8. The Balaban J connectivity index is 1.80. The average molecular weight is 450 g/mol. The number of anilines is 2. The van der Waals surface area contributed by atoms with E-state index in [1.54, 1.807) is 24.5 Å². The summed E-state index contributed by atoms with van der Waals surface area (Å²) in [6.45, 7) is 2.55. The van der Waals surface area contributed by atoms with Gasteiger partial charge in [-0.3, -0.25) is 0 Å². The van der Waals surface area contributed by atoms with Crippen LogP contribution < -0.4 is 20.5 Å². The molecule has 0 fully saturated rings. The molecule has 2 aliphatic rings. The van der Waals surface area contributed by atoms with E-state index in [0.29, 0.717) is 31.0 Å². The van der Waals surface area contributed by atoms with Gasteiger partial charge in [-0.05, 0) is 56.7 Å². The quantitative estimate of drug-likeness (QED) is 0.602. The van der Waals surface area contributed by atoms with Crippen molar-refractivity contribution in [2.24, 2.45) is 5.14 Å². The third kappa shape index (κ3) is 7.07. The van der Waals surface area contributed by atoms with Crippen molar-refractivity contribution in [3.63, 3.8) is 0 Å². The fourth-order valence-corrected chi connectivity index (χ4v) is 3.74. The Bertz CT molecular complexity index is 998. The fourth-order valence-electron chi connectivity index (χ4n) is 3.09. The smallest absolute Gasteiger partial charge is 0.407 e. The summed E-state index contributed by atoms with van der Waals surface area (Å²) in [5.74, 6) is 0.514. The number of amides is 1. The standard InChI is InChI=1S/C20H27N5O5S/c1-14-5-4-6-15-12-23-19(24-13-15)25-16-7-8-18(31(21,27)28)17(11-16)29-10-3-2-9-22-20(26)30-14/h7-8,11-14H,2-6,9-10H2,1H3,(H,22,26)(H2,21,27,28)(H,23,24,25)/t14-/m1/s1. The van der Waals surface area contributed by atoms with Gasteiger partial charge in [0, 0.05) is 30.7 Å². The molecule has 4 bridgehead atoms. The lowest BCUT2D eigenvalue weighted by Crippen LogP contribution is -2.28. The number of rotatable bonds is 1. The molecule has 4 N–H and O–H groups in total. The highest BCUT2D eigenvalue weighted by atomic mass is 32.2. The van der Waals surface area contributed by atoms with Crippen molar-refractivity contribution < 1.29 is 22.7 Å². The van der Waals surface area contributed by atoms with E-state index in [2.05, 4.69) is 20.6 Å². The number of alkyl carbamates (subject to hydrolysis) is 1. The Labute approximate surface area is 181 Å². The van der Waals surface area contributed by atoms with Crippen molar-refractivity contribution in [2.75, 3.05) is 18.5 Å². The second kappa shape index (κ2) is 10.4. The Kier molecular flexibility index (Phi) is 7.64. The first-order chi connectivity index (χ1) is 14.8. The zero-order chi connectivity index (χ0) is 22.3. The molecule has 0 unspecified atom stereocenters. The van der Waals surface area contributed by atoms with Gasteiger partial charge in [0.25, 0.3) is 0 Å². The van der Waals surface area contributed by atoms with Crippen LogP contribution in [-0.4, -0.2) is 43.7 Å². The second-order valence-corrected chi connectivity index (χ2v) is 8.87. The summed E-state index contributed by atoms with van der Waals surface area (Å²) < 4.78 is 34.8. The highest BCUT2D eigenvalue weighted by Crippen LogP contribution is 2.28. The molecule has 2 aromatic rings. The van der Waals surface area contributed by atoms with E-state index in [0.717, 1.165) is 24.8 Å². The summed E-state index contributed by atoms with van der Waals surface area (Å²) in [7, 11) is -3.95. The molecule has 1 atom stereocenters. The van der Waals surface area contributed by atoms with Gasteiger partial charge in [-0.25, -0.2) is 28.3 Å². The number of carbonyl (C=O) groups excluding carboxylic acids is 1. The molecular formula is C20H27N5O5S. The maximum atomic E-state index is 11.9. The van der Waals surface area contributed by atoms with Gasteiger partial charge in [-0.15, -0.1) is 0 Å². The zero-order valence-electron chi connectivity index (χ0n) is 17.3. The molecule has 1 aromatic heterocycles. The molecule has 11 heteroatoms. The maximum Gasteiger partial charge on any atom is 0.407 e. The Morgan fingerprint density at radius 2 is 1.94 bits per heavy atom. The van der Waals surface area contributed by atoms with Gasteiger partial charge in [0.2, 0.25) is 16.0 Å². The number of nitrogens with one attached hydrogen (secondary N) is 2. The van der Waals surface area contributed by atoms with E-state index in [1.165, 1.54) is 6.07 Å². The van der Waals surface area contributed by atoms with Crippen molar-refractivity contribution in [1.82, 2.24) is 15.3 Å². The predicted molar refractivity (Wildman–Crippen MR) is 115 cm³/mol. The summed E-state index contributed by atoms with van der Waals surface area (Å²) in [5, 5.41) is 11.1. The van der Waals surface area contributed by atoms with Crippen LogP contribution in [0.25, 0.3) is 0 Å². The van der Waals surface area contributed by atoms with E-state index in [4.69, 9.17) is 14.6 Å². The normalized spacial score (nSPS) is 18.8. The highest BCUT2D eigenvalue weighted by molar-refractivity contribution is 7.89. The Hall–Kier alpha value is -2.92. The molecule has 0 spiro atoms. The lowest BCUT2D eigenvalue weighted by atomic mass is 10.1. The average Bonchev–Trinajstić information content (AvgIpc) is 2.70. The van der Waals surface area contributed by atoms with Crippen molar-refractivity contribution in [1.29, 1.82) is 0 Å². The third-order valence-corrected chi connectivity index (χ3v) is 5.64. The van der Waals surface area contributed by atoms with Crippen LogP contribution in [0.3, 0.4) is 0 Å². The van der Waals surface area contributed by atoms with Gasteiger partial charge in [0.15, 0.2) is 0 Å². The molecule has 1 aromatic carbocycles. The van der Waals surface area contributed by atoms with Crippen LogP contribution in [-0.2, 0) is 21.2 Å². The van der Waals surface area contributed by atoms with Crippen molar-refractivity contribution >= 4 is 27.8 Å². The van der Waals surface area contributed by atoms with Gasteiger partial charge in [0.05, 0.1) is 6.61 Å². The minimum absolute atomic E-state index is 0.104. The number of ether oxygens (including phenoxy) is 2. The molecule has 0 saturated carbocycles. The van der Waals surface area contributed by atoms with Gasteiger partial charge in [-0.1, -0.05) is 0 Å². The SMILES string of the molecule is C[C@@H]1CCCc2cnc(nc2)Nc2ccc(S(N)(=O)=O)c(c2)OCCCCNC(=O)O1. The van der Waals surface area contributed by atoms with Gasteiger partial charge in [0.1, 0.15) is 16.7 Å². The Morgan fingerprint density at radius 1 is 1.16 bits per heavy atom. The van der Waals surface area contributed by atoms with E-state index < -0.39 is 16.1 Å². The molecule has 4 rings (SSSR count). The number of carbonyl (C=O) groups is 1. The first-order valence-electron chi connectivity index (χ1n) is 10.1. The number of benzene rings is 1. The van der Waals surface area contributed by atoms with Crippen molar-refractivity contribution in [2.45, 2.75) is 50.0 Å². The van der Waals surface area contributed by atoms with Crippen molar-refractivity contribution in [3.8, 4) is 5.75 Å². The van der Waals surface area contributed by atoms with E-state index in [1.807, 2.05) is 6.92 Å². The van der Waals surface area contributed by atoms with Crippen LogP contribution in [0.4, 0.5) is 16.4 Å². The second-order valence-electron chi connectivity index (χ2n) is 7.34. The van der Waals surface area contributed by atoms with Crippen LogP contribution in [0.5, 0.6) is 5.75 Å². The molecule has 0 aliphatic carbocycles. The number of aryl methyl sites for hydroxylation is 1. The van der Waals surface area contributed by atoms with Gasteiger partial charge in [-0.2, -0.15) is 0 Å². The summed E-state index contributed by atoms with van der Waals surface area (Å²) >= 11 is 0. The Morgan fingerprint density at radius 3 is 2.68 bits per heavy atom. The number of nitrogens with zero attached hydrogens (tertiary/aromatic N) is 2. The van der Waals surface area contributed by atoms with E-state index in [9.17, 15) is 13.2 Å². The number of primary sulfonamides is 1. The largest absolute Gasteiger partial charge is 0.492 e. The molecule has 2 aliphatic heterocycles. The molecular weight excluding hydrogens is 422 g/mol. The van der Waals surface area contributed by atoms with E-state index in [-0.39, 0.29) is 23.4 Å².